The molecule has 0 fully saturated rings. The van der Waals surface area contributed by atoms with Crippen LogP contribution in [0, 0.1) is 0 Å². The van der Waals surface area contributed by atoms with E-state index in [0.717, 1.165) is 16.5 Å². The van der Waals surface area contributed by atoms with Gasteiger partial charge >= 0.3 is 5.97 Å². The Morgan fingerprint density at radius 2 is 1.52 bits per heavy atom. The first-order chi connectivity index (χ1) is 19.8. The van der Waals surface area contributed by atoms with E-state index in [0.29, 0.717) is 5.56 Å². The highest BCUT2D eigenvalue weighted by atomic mass is 16.4. The monoisotopic (exact) mass is 582 g/mol. The normalized spacial score (nSPS) is 14.6. The number of carboxylic acids is 1. The molecule has 11 N–H and O–H groups in total. The number of phenols is 1. The van der Waals surface area contributed by atoms with Crippen molar-refractivity contribution < 1.29 is 39.3 Å². The molecule has 5 unspecified atom stereocenters. The molecular formula is C28H34N6O8. The Hall–Kier alpha value is -4.95. The van der Waals surface area contributed by atoms with Gasteiger partial charge in [-0.05, 0) is 42.7 Å². The second-order valence-electron chi connectivity index (χ2n) is 9.90. The molecule has 0 saturated carbocycles. The van der Waals surface area contributed by atoms with Crippen molar-refractivity contribution in [1.82, 2.24) is 20.9 Å². The fourth-order valence-electron chi connectivity index (χ4n) is 4.31. The summed E-state index contributed by atoms with van der Waals surface area (Å²) < 4.78 is 0. The number of rotatable bonds is 14. The van der Waals surface area contributed by atoms with E-state index in [4.69, 9.17) is 11.5 Å². The number of carboxylic acid groups (broad SMARTS) is 1. The Bertz CT molecular complexity index is 1440. The highest BCUT2D eigenvalue weighted by Gasteiger charge is 2.33. The van der Waals surface area contributed by atoms with Gasteiger partial charge < -0.3 is 47.7 Å². The van der Waals surface area contributed by atoms with Crippen LogP contribution < -0.4 is 27.4 Å². The molecule has 0 spiro atoms. The molecule has 3 aromatic rings. The molecule has 3 rings (SSSR count). The van der Waals surface area contributed by atoms with Gasteiger partial charge in [0.1, 0.15) is 23.9 Å². The van der Waals surface area contributed by atoms with Crippen molar-refractivity contribution in [3.63, 3.8) is 0 Å². The maximum atomic E-state index is 13.4. The molecule has 1 aromatic heterocycles. The number of carbonyl (C=O) groups is 5. The molecule has 0 aliphatic carbocycles. The Balaban J connectivity index is 1.78. The largest absolute Gasteiger partial charge is 0.508 e. The maximum Gasteiger partial charge on any atom is 0.326 e. The van der Waals surface area contributed by atoms with Gasteiger partial charge in [-0.3, -0.25) is 19.2 Å². The van der Waals surface area contributed by atoms with Gasteiger partial charge in [0.05, 0.1) is 18.6 Å². The number of aromatic amines is 1. The first-order valence-corrected chi connectivity index (χ1v) is 13.0. The number of nitrogens with one attached hydrogen (secondary N) is 4. The lowest BCUT2D eigenvalue weighted by Crippen LogP contribution is -2.60. The first kappa shape index (κ1) is 31.6. The minimum absolute atomic E-state index is 0.0145. The molecule has 224 valence electrons. The number of hydrogen-bond acceptors (Lipinski definition) is 8. The maximum absolute atomic E-state index is 13.4. The number of amides is 4. The average Bonchev–Trinajstić information content (AvgIpc) is 3.33. The molecule has 0 bridgehead atoms. The lowest BCUT2D eigenvalue weighted by Gasteiger charge is -2.26. The number of aliphatic hydroxyl groups excluding tert-OH is 1. The summed E-state index contributed by atoms with van der Waals surface area (Å²) in [5, 5.41) is 37.0. The molecule has 14 heteroatoms. The number of para-hydroxylation sites is 1. The summed E-state index contributed by atoms with van der Waals surface area (Å²) in [5.74, 6) is -5.17. The zero-order valence-corrected chi connectivity index (χ0v) is 22.7. The fraction of sp³-hybridized carbons (Fsp3) is 0.321. The highest BCUT2D eigenvalue weighted by molar-refractivity contribution is 5.95. The van der Waals surface area contributed by atoms with Gasteiger partial charge in [-0.2, -0.15) is 0 Å². The number of nitrogens with two attached hydrogens (primary N) is 2. The molecule has 14 nitrogen and oxygen atoms in total. The molecule has 42 heavy (non-hydrogen) atoms. The number of aromatic nitrogens is 1. The fourth-order valence-corrected chi connectivity index (χ4v) is 4.31. The molecule has 1 heterocycles. The van der Waals surface area contributed by atoms with Gasteiger partial charge in [0.2, 0.25) is 23.6 Å². The van der Waals surface area contributed by atoms with E-state index >= 15 is 0 Å². The van der Waals surface area contributed by atoms with Crippen molar-refractivity contribution in [2.45, 2.75) is 56.5 Å². The minimum Gasteiger partial charge on any atom is -0.508 e. The van der Waals surface area contributed by atoms with Crippen LogP contribution >= 0.6 is 0 Å². The van der Waals surface area contributed by atoms with E-state index in [9.17, 15) is 39.3 Å². The summed E-state index contributed by atoms with van der Waals surface area (Å²) in [5.41, 5.74) is 13.4. The van der Waals surface area contributed by atoms with E-state index in [-0.39, 0.29) is 18.6 Å². The Morgan fingerprint density at radius 3 is 2.14 bits per heavy atom. The Morgan fingerprint density at radius 1 is 0.881 bits per heavy atom. The lowest BCUT2D eigenvalue weighted by molar-refractivity contribution is -0.144. The van der Waals surface area contributed by atoms with Crippen LogP contribution in [0.15, 0.2) is 54.7 Å². The summed E-state index contributed by atoms with van der Waals surface area (Å²) in [6.07, 6.45) is -0.391. The van der Waals surface area contributed by atoms with Crippen molar-refractivity contribution in [1.29, 1.82) is 0 Å². The number of H-pyrrole nitrogens is 1. The quantitative estimate of drug-likeness (QED) is 0.110. The van der Waals surface area contributed by atoms with E-state index in [1.807, 2.05) is 24.3 Å². The van der Waals surface area contributed by atoms with Crippen molar-refractivity contribution in [2.75, 3.05) is 0 Å². The molecule has 5 atom stereocenters. The molecule has 0 aliphatic rings. The summed E-state index contributed by atoms with van der Waals surface area (Å²) in [6.45, 7) is 1.19. The lowest BCUT2D eigenvalue weighted by atomic mass is 10.0. The van der Waals surface area contributed by atoms with Crippen LogP contribution in [0.5, 0.6) is 5.75 Å². The number of fused-ring (bicyclic) bond motifs is 1. The third-order valence-corrected chi connectivity index (χ3v) is 6.54. The van der Waals surface area contributed by atoms with Crippen LogP contribution in [0.1, 0.15) is 24.5 Å². The first-order valence-electron chi connectivity index (χ1n) is 13.0. The molecule has 0 saturated heterocycles. The topological polar surface area (TPSA) is 250 Å². The number of aromatic hydroxyl groups is 1. The van der Waals surface area contributed by atoms with Gasteiger partial charge in [-0.25, -0.2) is 4.79 Å². The number of primary amides is 1. The van der Waals surface area contributed by atoms with Gasteiger partial charge in [-0.15, -0.1) is 0 Å². The molecular weight excluding hydrogens is 548 g/mol. The number of benzene rings is 2. The van der Waals surface area contributed by atoms with Crippen LogP contribution in [0.4, 0.5) is 0 Å². The third-order valence-electron chi connectivity index (χ3n) is 6.54. The van der Waals surface area contributed by atoms with Crippen LogP contribution in [0.25, 0.3) is 10.9 Å². The van der Waals surface area contributed by atoms with Crippen LogP contribution in [0.2, 0.25) is 0 Å². The van der Waals surface area contributed by atoms with E-state index < -0.39 is 66.3 Å². The average molecular weight is 583 g/mol. The van der Waals surface area contributed by atoms with Crippen molar-refractivity contribution in [3.05, 3.63) is 65.9 Å². The van der Waals surface area contributed by atoms with Crippen LogP contribution in [-0.2, 0) is 36.8 Å². The number of phenolic OH excluding ortho intramolecular Hbond substituents is 1. The number of hydrogen-bond donors (Lipinski definition) is 9. The van der Waals surface area contributed by atoms with Crippen molar-refractivity contribution in [3.8, 4) is 5.75 Å². The summed E-state index contributed by atoms with van der Waals surface area (Å²) in [6, 6.07) is 7.66. The van der Waals surface area contributed by atoms with Crippen LogP contribution in [-0.4, -0.2) is 80.2 Å². The SMILES string of the molecule is CC(O)C(NC(=O)C(Cc1ccc(O)cc1)NC(=O)C(N)Cc1c[nH]c2ccccc12)C(=O)NC(CC(N)=O)C(=O)O. The summed E-state index contributed by atoms with van der Waals surface area (Å²) >= 11 is 0. The van der Waals surface area contributed by atoms with Gasteiger partial charge in [0.15, 0.2) is 0 Å². The van der Waals surface area contributed by atoms with Gasteiger partial charge in [-0.1, -0.05) is 30.3 Å². The van der Waals surface area contributed by atoms with Crippen LogP contribution in [0.3, 0.4) is 0 Å². The predicted molar refractivity (Wildman–Crippen MR) is 151 cm³/mol. The summed E-state index contributed by atoms with van der Waals surface area (Å²) in [4.78, 5) is 65.1. The molecule has 0 aliphatic heterocycles. The van der Waals surface area contributed by atoms with E-state index in [2.05, 4.69) is 20.9 Å². The molecule has 2 aromatic carbocycles. The number of aliphatic carboxylic acids is 1. The second kappa shape index (κ2) is 14.1. The van der Waals surface area contributed by atoms with Gasteiger partial charge in [0.25, 0.3) is 0 Å². The number of aliphatic hydroxyl groups is 1. The third kappa shape index (κ3) is 8.52. The van der Waals surface area contributed by atoms with Crippen molar-refractivity contribution >= 4 is 40.5 Å². The molecule has 4 amide bonds. The Labute approximate surface area is 240 Å². The number of carbonyl (C=O) groups excluding carboxylic acids is 4. The zero-order valence-electron chi connectivity index (χ0n) is 22.7. The standard InChI is InChI=1S/C28H34N6O8/c1-14(35)24(27(40)33-22(28(41)42)12-23(30)37)34-26(39)21(10-15-6-8-17(36)9-7-15)32-25(38)19(29)11-16-13-31-20-5-3-2-4-18(16)20/h2-9,13-14,19,21-22,24,31,35-36H,10-12,29H2,1H3,(H2,30,37)(H,32,38)(H,33,40)(H,34,39)(H,41,42). The molecule has 0 radical (unpaired) electrons. The van der Waals surface area contributed by atoms with Gasteiger partial charge in [0, 0.05) is 23.5 Å². The zero-order chi connectivity index (χ0) is 31.0. The van der Waals surface area contributed by atoms with Crippen molar-refractivity contribution in [2.24, 2.45) is 11.5 Å². The predicted octanol–water partition coefficient (Wildman–Crippen LogP) is -1.22. The Kier molecular flexibility index (Phi) is 10.6. The van der Waals surface area contributed by atoms with E-state index in [1.165, 1.54) is 31.2 Å². The van der Waals surface area contributed by atoms with E-state index in [1.54, 1.807) is 6.20 Å². The summed E-state index contributed by atoms with van der Waals surface area (Å²) in [7, 11) is 0. The second-order valence-corrected chi connectivity index (χ2v) is 9.90. The smallest absolute Gasteiger partial charge is 0.326 e. The highest BCUT2D eigenvalue weighted by Crippen LogP contribution is 2.19. The minimum atomic E-state index is -1.69.